The molecule has 0 unspecified atom stereocenters. The van der Waals surface area contributed by atoms with Crippen LogP contribution < -0.4 is 4.74 Å². The van der Waals surface area contributed by atoms with Crippen molar-refractivity contribution in [3.8, 4) is 5.75 Å². The summed E-state index contributed by atoms with van der Waals surface area (Å²) >= 11 is 0. The molecule has 2 aliphatic heterocycles. The van der Waals surface area contributed by atoms with Crippen LogP contribution in [0.25, 0.3) is 5.70 Å². The third-order valence-corrected chi connectivity index (χ3v) is 8.45. The molecule has 2 aromatic rings. The van der Waals surface area contributed by atoms with Crippen molar-refractivity contribution in [2.24, 2.45) is 0 Å². The number of nitrogens with zero attached hydrogens (tertiary/aromatic N) is 2. The third kappa shape index (κ3) is 5.36. The van der Waals surface area contributed by atoms with Gasteiger partial charge in [-0.05, 0) is 69.7 Å². The fourth-order valence-electron chi connectivity index (χ4n) is 4.87. The number of rotatable bonds is 5. The van der Waals surface area contributed by atoms with Gasteiger partial charge in [-0.1, -0.05) is 17.7 Å². The number of methoxy groups -OCH3 is 2. The monoisotopic (exact) mass is 556 g/mol. The summed E-state index contributed by atoms with van der Waals surface area (Å²) in [6.07, 6.45) is -1.28. The Bertz CT molecular complexity index is 1420. The van der Waals surface area contributed by atoms with Gasteiger partial charge in [0.25, 0.3) is 10.0 Å². The van der Waals surface area contributed by atoms with Crippen LogP contribution in [0.4, 0.5) is 4.79 Å². The van der Waals surface area contributed by atoms with Gasteiger partial charge in [-0.3, -0.25) is 9.10 Å². The Morgan fingerprint density at radius 2 is 1.54 bits per heavy atom. The van der Waals surface area contributed by atoms with E-state index in [1.54, 1.807) is 57.2 Å². The van der Waals surface area contributed by atoms with E-state index in [1.807, 2.05) is 6.92 Å². The van der Waals surface area contributed by atoms with Crippen LogP contribution in [-0.4, -0.2) is 67.5 Å². The highest BCUT2D eigenvalue weighted by atomic mass is 32.2. The minimum Gasteiger partial charge on any atom is -0.497 e. The molecule has 4 rings (SSSR count). The maximum atomic E-state index is 14.3. The van der Waals surface area contributed by atoms with E-state index in [0.717, 1.165) is 14.8 Å². The largest absolute Gasteiger partial charge is 0.497 e. The third-order valence-electron chi connectivity index (χ3n) is 6.61. The molecule has 2 amide bonds. The van der Waals surface area contributed by atoms with Crippen LogP contribution in [0.5, 0.6) is 5.75 Å². The average molecular weight is 557 g/mol. The van der Waals surface area contributed by atoms with Crippen molar-refractivity contribution >= 4 is 33.7 Å². The van der Waals surface area contributed by atoms with Crippen molar-refractivity contribution in [2.75, 3.05) is 14.2 Å². The Balaban J connectivity index is 1.96. The Morgan fingerprint density at radius 1 is 0.923 bits per heavy atom. The predicted octanol–water partition coefficient (Wildman–Crippen LogP) is 3.89. The van der Waals surface area contributed by atoms with E-state index in [9.17, 15) is 22.8 Å². The maximum Gasteiger partial charge on any atom is 0.417 e. The molecule has 1 saturated heterocycles. The van der Waals surface area contributed by atoms with Crippen LogP contribution in [0.2, 0.25) is 0 Å². The second kappa shape index (κ2) is 10.4. The molecule has 2 heterocycles. The topological polar surface area (TPSA) is 120 Å². The molecule has 208 valence electrons. The number of fused-ring (bicyclic) bond motifs is 1. The van der Waals surface area contributed by atoms with Gasteiger partial charge in [0.2, 0.25) is 5.91 Å². The summed E-state index contributed by atoms with van der Waals surface area (Å²) in [6, 6.07) is 10.9. The van der Waals surface area contributed by atoms with Crippen molar-refractivity contribution in [1.82, 2.24) is 9.21 Å². The van der Waals surface area contributed by atoms with Crippen molar-refractivity contribution in [1.29, 1.82) is 0 Å². The fraction of sp³-hybridized carbons (Fsp3) is 0.393. The van der Waals surface area contributed by atoms with Crippen molar-refractivity contribution in [2.45, 2.75) is 63.1 Å². The van der Waals surface area contributed by atoms with Gasteiger partial charge in [0.15, 0.2) is 0 Å². The van der Waals surface area contributed by atoms with Gasteiger partial charge in [-0.25, -0.2) is 22.9 Å². The highest BCUT2D eigenvalue weighted by molar-refractivity contribution is 7.89. The number of aryl methyl sites for hydroxylation is 1. The van der Waals surface area contributed by atoms with Gasteiger partial charge in [-0.15, -0.1) is 0 Å². The maximum absolute atomic E-state index is 14.3. The Hall–Kier alpha value is -3.86. The highest BCUT2D eigenvalue weighted by Gasteiger charge is 2.55. The fourth-order valence-corrected chi connectivity index (χ4v) is 6.60. The molecule has 0 saturated carbocycles. The Labute approximate surface area is 228 Å². The molecular formula is C28H32N2O8S. The highest BCUT2D eigenvalue weighted by Crippen LogP contribution is 2.45. The molecule has 1 fully saturated rings. The normalized spacial score (nSPS) is 19.6. The average Bonchev–Trinajstić information content (AvgIpc) is 3.21. The molecule has 0 radical (unpaired) electrons. The summed E-state index contributed by atoms with van der Waals surface area (Å²) in [7, 11) is -1.63. The summed E-state index contributed by atoms with van der Waals surface area (Å²) in [4.78, 5) is 40.4. The van der Waals surface area contributed by atoms with Crippen molar-refractivity contribution < 1.29 is 37.0 Å². The predicted molar refractivity (Wildman–Crippen MR) is 142 cm³/mol. The molecule has 10 nitrogen and oxygen atoms in total. The van der Waals surface area contributed by atoms with Crippen LogP contribution in [-0.2, 0) is 29.1 Å². The molecule has 2 aromatic carbocycles. The summed E-state index contributed by atoms with van der Waals surface area (Å²) < 4.78 is 45.4. The van der Waals surface area contributed by atoms with E-state index in [0.29, 0.717) is 11.3 Å². The first kappa shape index (κ1) is 28.2. The number of esters is 1. The van der Waals surface area contributed by atoms with Crippen LogP contribution in [0.15, 0.2) is 59.0 Å². The first-order valence-electron chi connectivity index (χ1n) is 12.4. The van der Waals surface area contributed by atoms with Crippen LogP contribution in [0, 0.1) is 6.92 Å². The van der Waals surface area contributed by atoms with Gasteiger partial charge in [0, 0.05) is 6.42 Å². The molecule has 0 aliphatic carbocycles. The molecular weight excluding hydrogens is 524 g/mol. The van der Waals surface area contributed by atoms with Crippen LogP contribution >= 0.6 is 0 Å². The number of ether oxygens (including phenoxy) is 3. The lowest BCUT2D eigenvalue weighted by Gasteiger charge is -2.41. The Kier molecular flexibility index (Phi) is 7.48. The van der Waals surface area contributed by atoms with Crippen LogP contribution in [0.1, 0.15) is 44.7 Å². The molecule has 0 bridgehead atoms. The number of likely N-dealkylation sites (tertiary alicyclic amines) is 1. The quantitative estimate of drug-likeness (QED) is 0.509. The van der Waals surface area contributed by atoms with Gasteiger partial charge in [0.05, 0.1) is 48.9 Å². The summed E-state index contributed by atoms with van der Waals surface area (Å²) in [6.45, 7) is 6.83. The standard InChI is InChI=1S/C28H32N2O8S/c1-17-7-13-20(14-8-17)39(34,35)30-23-16-24(31)29(27(33)38-28(2,3)4)22(23)15-21(26(32)37-6)25(30)18-9-11-19(36-5)12-10-18/h7-14,22-23H,15-16H2,1-6H3/t22-,23-/m1/s1. The van der Waals surface area contributed by atoms with E-state index < -0.39 is 45.7 Å². The molecule has 11 heteroatoms. The van der Waals surface area contributed by atoms with Crippen LogP contribution in [0.3, 0.4) is 0 Å². The van der Waals surface area contributed by atoms with E-state index in [1.165, 1.54) is 26.4 Å². The number of hydrogen-bond donors (Lipinski definition) is 0. The number of carbonyl (C=O) groups excluding carboxylic acids is 3. The van der Waals surface area contributed by atoms with Gasteiger partial charge in [0.1, 0.15) is 11.4 Å². The second-order valence-corrected chi connectivity index (χ2v) is 12.3. The molecule has 0 aromatic heterocycles. The number of amides is 2. The summed E-state index contributed by atoms with van der Waals surface area (Å²) in [5, 5.41) is 0. The lowest BCUT2D eigenvalue weighted by Crippen LogP contribution is -2.53. The first-order valence-corrected chi connectivity index (χ1v) is 13.8. The lowest BCUT2D eigenvalue weighted by atomic mass is 9.91. The lowest BCUT2D eigenvalue weighted by molar-refractivity contribution is -0.137. The van der Waals surface area contributed by atoms with Gasteiger partial charge < -0.3 is 14.2 Å². The number of benzene rings is 2. The number of imide groups is 1. The first-order chi connectivity index (χ1) is 18.3. The Morgan fingerprint density at radius 3 is 2.08 bits per heavy atom. The number of hydrogen-bond acceptors (Lipinski definition) is 8. The molecule has 0 N–H and O–H groups in total. The smallest absolute Gasteiger partial charge is 0.417 e. The molecule has 0 spiro atoms. The zero-order valence-electron chi connectivity index (χ0n) is 22.8. The zero-order valence-corrected chi connectivity index (χ0v) is 23.6. The SMILES string of the molecule is COC(=O)C1=C(c2ccc(OC)cc2)N(S(=O)(=O)c2ccc(C)cc2)[C@@H]2CC(=O)N(C(=O)OC(C)(C)C)[C@@H]2C1. The van der Waals surface area contributed by atoms with Gasteiger partial charge >= 0.3 is 12.1 Å². The molecule has 2 aliphatic rings. The minimum atomic E-state index is -4.32. The van der Waals surface area contributed by atoms with E-state index >= 15 is 0 Å². The number of sulfonamides is 1. The summed E-state index contributed by atoms with van der Waals surface area (Å²) in [5.74, 6) is -0.830. The van der Waals surface area contributed by atoms with E-state index in [2.05, 4.69) is 0 Å². The minimum absolute atomic E-state index is 0.0165. The second-order valence-electron chi connectivity index (χ2n) is 10.4. The molecule has 2 atom stereocenters. The van der Waals surface area contributed by atoms with E-state index in [-0.39, 0.29) is 29.0 Å². The van der Waals surface area contributed by atoms with E-state index in [4.69, 9.17) is 14.2 Å². The van der Waals surface area contributed by atoms with Crippen molar-refractivity contribution in [3.05, 3.63) is 65.2 Å². The number of carbonyl (C=O) groups is 3. The zero-order chi connectivity index (χ0) is 28.7. The van der Waals surface area contributed by atoms with Gasteiger partial charge in [-0.2, -0.15) is 0 Å². The molecule has 39 heavy (non-hydrogen) atoms. The van der Waals surface area contributed by atoms with Crippen molar-refractivity contribution in [3.63, 3.8) is 0 Å². The summed E-state index contributed by atoms with van der Waals surface area (Å²) in [5.41, 5.74) is 0.480.